The van der Waals surface area contributed by atoms with Crippen molar-refractivity contribution in [1.29, 1.82) is 0 Å². The highest BCUT2D eigenvalue weighted by Gasteiger charge is 2.13. The van der Waals surface area contributed by atoms with E-state index in [1.54, 1.807) is 18.3 Å². The van der Waals surface area contributed by atoms with Gasteiger partial charge in [-0.15, -0.1) is 0 Å². The molecule has 0 aromatic carbocycles. The number of pyridine rings is 1. The molecule has 0 aliphatic heterocycles. The molecule has 110 valence electrons. The van der Waals surface area contributed by atoms with E-state index in [4.69, 9.17) is 16.6 Å². The van der Waals surface area contributed by atoms with Crippen LogP contribution in [0.25, 0.3) is 0 Å². The maximum atomic E-state index is 10.7. The van der Waals surface area contributed by atoms with Crippen molar-refractivity contribution in [3.05, 3.63) is 41.9 Å². The number of rotatable bonds is 6. The van der Waals surface area contributed by atoms with Gasteiger partial charge in [0, 0.05) is 24.1 Å². The van der Waals surface area contributed by atoms with E-state index in [2.05, 4.69) is 15.0 Å². The van der Waals surface area contributed by atoms with Gasteiger partial charge in [0.25, 0.3) is 0 Å². The molecular weight excluding hydrogens is 290 g/mol. The number of hydrogen-bond acceptors (Lipinski definition) is 7. The normalized spacial score (nSPS) is 12.0. The predicted molar refractivity (Wildman–Crippen MR) is 79.6 cm³/mol. The van der Waals surface area contributed by atoms with Gasteiger partial charge in [-0.3, -0.25) is 9.78 Å². The zero-order valence-electron chi connectivity index (χ0n) is 11.1. The lowest BCUT2D eigenvalue weighted by molar-refractivity contribution is -0.138. The number of thioether (sulfide) groups is 1. The number of anilines is 1. The highest BCUT2D eigenvalue weighted by Crippen LogP contribution is 2.18. The number of carboxylic acid groups (broad SMARTS) is 1. The first-order valence-corrected chi connectivity index (χ1v) is 7.17. The molecule has 21 heavy (non-hydrogen) atoms. The van der Waals surface area contributed by atoms with Crippen LogP contribution in [-0.2, 0) is 17.0 Å². The zero-order chi connectivity index (χ0) is 15.2. The number of carbonyl (C=O) groups is 1. The van der Waals surface area contributed by atoms with E-state index < -0.39 is 12.0 Å². The smallest absolute Gasteiger partial charge is 0.320 e. The Balaban J connectivity index is 1.99. The summed E-state index contributed by atoms with van der Waals surface area (Å²) in [4.78, 5) is 23.3. The number of nitrogen functional groups attached to an aromatic ring is 1. The van der Waals surface area contributed by atoms with Crippen molar-refractivity contribution in [2.45, 2.75) is 23.4 Å². The third kappa shape index (κ3) is 4.69. The Hall–Kier alpha value is -2.19. The fraction of sp³-hybridized carbons (Fsp3) is 0.231. The summed E-state index contributed by atoms with van der Waals surface area (Å²) in [5.74, 6) is -0.0500. The van der Waals surface area contributed by atoms with E-state index in [1.807, 2.05) is 12.1 Å². The molecule has 2 heterocycles. The van der Waals surface area contributed by atoms with Crippen LogP contribution < -0.4 is 11.5 Å². The molecule has 0 bridgehead atoms. The van der Waals surface area contributed by atoms with Gasteiger partial charge in [-0.25, -0.2) is 9.97 Å². The molecule has 0 aliphatic carbocycles. The SMILES string of the molecule is Nc1ccnc(SCc2cccc(CC(N)C(=O)O)n2)n1. The summed E-state index contributed by atoms with van der Waals surface area (Å²) in [7, 11) is 0. The van der Waals surface area contributed by atoms with Crippen LogP contribution >= 0.6 is 11.8 Å². The Bertz CT molecular complexity index is 637. The van der Waals surface area contributed by atoms with Gasteiger partial charge < -0.3 is 16.6 Å². The lowest BCUT2D eigenvalue weighted by Gasteiger charge is -2.07. The van der Waals surface area contributed by atoms with Crippen LogP contribution in [0.15, 0.2) is 35.6 Å². The summed E-state index contributed by atoms with van der Waals surface area (Å²) in [6.07, 6.45) is 1.79. The molecule has 2 rings (SSSR count). The van der Waals surface area contributed by atoms with Gasteiger partial charge in [0.1, 0.15) is 11.9 Å². The lowest BCUT2D eigenvalue weighted by atomic mass is 10.1. The summed E-state index contributed by atoms with van der Waals surface area (Å²) < 4.78 is 0. The molecule has 0 amide bonds. The van der Waals surface area contributed by atoms with Gasteiger partial charge in [-0.05, 0) is 18.2 Å². The largest absolute Gasteiger partial charge is 0.480 e. The summed E-state index contributed by atoms with van der Waals surface area (Å²) >= 11 is 1.41. The van der Waals surface area contributed by atoms with Gasteiger partial charge in [-0.2, -0.15) is 0 Å². The average molecular weight is 305 g/mol. The molecule has 0 saturated heterocycles. The molecule has 0 radical (unpaired) electrons. The molecule has 0 saturated carbocycles. The fourth-order valence-electron chi connectivity index (χ4n) is 1.60. The number of aliphatic carboxylic acids is 1. The molecule has 1 unspecified atom stereocenters. The number of nitrogens with zero attached hydrogens (tertiary/aromatic N) is 3. The molecule has 2 aromatic heterocycles. The third-order valence-electron chi connectivity index (χ3n) is 2.61. The second kappa shape index (κ2) is 7.00. The van der Waals surface area contributed by atoms with Gasteiger partial charge in [0.2, 0.25) is 0 Å². The molecule has 5 N–H and O–H groups in total. The van der Waals surface area contributed by atoms with Crippen molar-refractivity contribution in [1.82, 2.24) is 15.0 Å². The molecule has 0 aliphatic rings. The second-order valence-corrected chi connectivity index (χ2v) is 5.26. The van der Waals surface area contributed by atoms with E-state index in [9.17, 15) is 4.79 Å². The van der Waals surface area contributed by atoms with Crippen molar-refractivity contribution in [3.8, 4) is 0 Å². The number of nitrogens with two attached hydrogens (primary N) is 2. The van der Waals surface area contributed by atoms with Crippen LogP contribution in [0.3, 0.4) is 0 Å². The Morgan fingerprint density at radius 1 is 1.29 bits per heavy atom. The van der Waals surface area contributed by atoms with E-state index in [0.29, 0.717) is 22.4 Å². The zero-order valence-corrected chi connectivity index (χ0v) is 12.0. The van der Waals surface area contributed by atoms with Crippen molar-refractivity contribution in [2.75, 3.05) is 5.73 Å². The number of aromatic nitrogens is 3. The van der Waals surface area contributed by atoms with E-state index >= 15 is 0 Å². The maximum Gasteiger partial charge on any atom is 0.320 e. The topological polar surface area (TPSA) is 128 Å². The Kier molecular flexibility index (Phi) is 5.07. The highest BCUT2D eigenvalue weighted by molar-refractivity contribution is 7.98. The maximum absolute atomic E-state index is 10.7. The Morgan fingerprint density at radius 2 is 2.05 bits per heavy atom. The molecule has 8 heteroatoms. The van der Waals surface area contributed by atoms with Crippen molar-refractivity contribution >= 4 is 23.5 Å². The van der Waals surface area contributed by atoms with E-state index in [-0.39, 0.29) is 6.42 Å². The lowest BCUT2D eigenvalue weighted by Crippen LogP contribution is -2.32. The second-order valence-electron chi connectivity index (χ2n) is 4.32. The quantitative estimate of drug-likeness (QED) is 0.525. The molecule has 7 nitrogen and oxygen atoms in total. The average Bonchev–Trinajstić information content (AvgIpc) is 2.45. The third-order valence-corrected chi connectivity index (χ3v) is 3.51. The van der Waals surface area contributed by atoms with Gasteiger partial charge in [0.05, 0.1) is 5.69 Å². The first-order chi connectivity index (χ1) is 10.0. The van der Waals surface area contributed by atoms with Crippen molar-refractivity contribution < 1.29 is 9.90 Å². The van der Waals surface area contributed by atoms with Crippen molar-refractivity contribution in [3.63, 3.8) is 0 Å². The van der Waals surface area contributed by atoms with Crippen LogP contribution in [0.5, 0.6) is 0 Å². The number of hydrogen-bond donors (Lipinski definition) is 3. The Morgan fingerprint density at radius 3 is 2.76 bits per heavy atom. The standard InChI is InChI=1S/C13H15N5O2S/c14-10(12(19)20)6-8-2-1-3-9(17-8)7-21-13-16-5-4-11(15)18-13/h1-5,10H,6-7,14H2,(H,19,20)(H2,15,16,18). The van der Waals surface area contributed by atoms with Crippen LogP contribution in [0.1, 0.15) is 11.4 Å². The van der Waals surface area contributed by atoms with Gasteiger partial charge in [-0.1, -0.05) is 17.8 Å². The first-order valence-electron chi connectivity index (χ1n) is 6.19. The van der Waals surface area contributed by atoms with Crippen LogP contribution in [0.4, 0.5) is 5.82 Å². The predicted octanol–water partition coefficient (Wildman–Crippen LogP) is 0.700. The fourth-order valence-corrected chi connectivity index (χ4v) is 2.34. The van der Waals surface area contributed by atoms with Gasteiger partial charge >= 0.3 is 5.97 Å². The summed E-state index contributed by atoms with van der Waals surface area (Å²) in [6.45, 7) is 0. The highest BCUT2D eigenvalue weighted by atomic mass is 32.2. The molecule has 1 atom stereocenters. The summed E-state index contributed by atoms with van der Waals surface area (Å²) in [6, 6.07) is 6.12. The monoisotopic (exact) mass is 305 g/mol. The molecular formula is C13H15N5O2S. The molecule has 0 spiro atoms. The molecule has 0 fully saturated rings. The van der Waals surface area contributed by atoms with Crippen LogP contribution in [0, 0.1) is 0 Å². The molecule has 2 aromatic rings. The Labute approximate surface area is 125 Å². The van der Waals surface area contributed by atoms with E-state index in [1.165, 1.54) is 11.8 Å². The van der Waals surface area contributed by atoms with Crippen LogP contribution in [0.2, 0.25) is 0 Å². The number of carboxylic acids is 1. The minimum Gasteiger partial charge on any atom is -0.480 e. The van der Waals surface area contributed by atoms with Gasteiger partial charge in [0.15, 0.2) is 5.16 Å². The summed E-state index contributed by atoms with van der Waals surface area (Å²) in [5.41, 5.74) is 12.5. The van der Waals surface area contributed by atoms with Crippen LogP contribution in [-0.4, -0.2) is 32.1 Å². The minimum atomic E-state index is -1.04. The van der Waals surface area contributed by atoms with Crippen molar-refractivity contribution in [2.24, 2.45) is 5.73 Å². The minimum absolute atomic E-state index is 0.197. The first kappa shape index (κ1) is 15.2. The summed E-state index contributed by atoms with van der Waals surface area (Å²) in [5, 5.41) is 9.38. The van der Waals surface area contributed by atoms with E-state index in [0.717, 1.165) is 5.69 Å².